The molecule has 0 saturated heterocycles. The molecule has 0 aliphatic carbocycles. The van der Waals surface area contributed by atoms with Crippen molar-refractivity contribution in [2.75, 3.05) is 0 Å². The van der Waals surface area contributed by atoms with Gasteiger partial charge in [0.2, 0.25) is 0 Å². The van der Waals surface area contributed by atoms with Crippen molar-refractivity contribution in [3.05, 3.63) is 212 Å². The van der Waals surface area contributed by atoms with Gasteiger partial charge < -0.3 is 13.6 Å². The molecule has 9 aromatic carbocycles. The van der Waals surface area contributed by atoms with Gasteiger partial charge in [0, 0.05) is 43.7 Å². The summed E-state index contributed by atoms with van der Waals surface area (Å²) in [6.07, 6.45) is 0. The second kappa shape index (κ2) is 14.0. The van der Waals surface area contributed by atoms with Gasteiger partial charge in [-0.05, 0) is 65.7 Å². The molecule has 0 radical (unpaired) electrons. The Hall–Kier alpha value is -8.61. The lowest BCUT2D eigenvalue weighted by molar-refractivity contribution is 0.669. The minimum atomic E-state index is 0.540. The van der Waals surface area contributed by atoms with Crippen LogP contribution in [0.3, 0.4) is 0 Å². The Morgan fingerprint density at radius 1 is 0.333 bits per heavy atom. The first-order valence-electron chi connectivity index (χ1n) is 21.2. The minimum absolute atomic E-state index is 0.540. The topological polar surface area (TPSA) is 61.7 Å². The Morgan fingerprint density at radius 2 is 0.825 bits per heavy atom. The summed E-state index contributed by atoms with van der Waals surface area (Å²) in [6, 6.07) is 74.4. The molecule has 0 N–H and O–H groups in total. The lowest BCUT2D eigenvalue weighted by Crippen LogP contribution is -2.01. The molecular formula is C57H35N5O. The second-order valence-electron chi connectivity index (χ2n) is 16.0. The molecule has 0 unspecified atom stereocenters. The summed E-state index contributed by atoms with van der Waals surface area (Å²) in [4.78, 5) is 15.5. The van der Waals surface area contributed by atoms with E-state index in [1.165, 1.54) is 27.1 Å². The second-order valence-corrected chi connectivity index (χ2v) is 16.0. The fourth-order valence-corrected chi connectivity index (χ4v) is 9.50. The Balaban J connectivity index is 1.07. The van der Waals surface area contributed by atoms with E-state index in [9.17, 15) is 0 Å². The maximum Gasteiger partial charge on any atom is 0.167 e. The SMILES string of the molecule is c1ccc(-c2ccc(-c3nc(-c4ccccc4)nc(-c4ccc(-n5c6ccccc6c6cc7c8ccccc8n(-c8ccccc8)c7cc65)c5c4oc4ccccc45)n3)cc2)cc1. The first kappa shape index (κ1) is 35.2. The fraction of sp³-hybridized carbons (Fsp3) is 0. The highest BCUT2D eigenvalue weighted by Crippen LogP contribution is 2.44. The van der Waals surface area contributed by atoms with Gasteiger partial charge in [0.15, 0.2) is 17.5 Å². The molecule has 4 heterocycles. The maximum absolute atomic E-state index is 6.93. The van der Waals surface area contributed by atoms with Crippen molar-refractivity contribution >= 4 is 65.6 Å². The summed E-state index contributed by atoms with van der Waals surface area (Å²) in [5.74, 6) is 1.72. The van der Waals surface area contributed by atoms with Gasteiger partial charge in [-0.3, -0.25) is 0 Å². The van der Waals surface area contributed by atoms with Gasteiger partial charge >= 0.3 is 0 Å². The predicted molar refractivity (Wildman–Crippen MR) is 258 cm³/mol. The van der Waals surface area contributed by atoms with Crippen LogP contribution < -0.4 is 0 Å². The molecule has 13 rings (SSSR count). The van der Waals surface area contributed by atoms with E-state index < -0.39 is 0 Å². The lowest BCUT2D eigenvalue weighted by atomic mass is 10.0. The zero-order valence-corrected chi connectivity index (χ0v) is 33.9. The van der Waals surface area contributed by atoms with E-state index in [0.717, 1.165) is 77.7 Å². The maximum atomic E-state index is 6.93. The van der Waals surface area contributed by atoms with Gasteiger partial charge in [-0.2, -0.15) is 0 Å². The number of furan rings is 1. The molecule has 0 fully saturated rings. The van der Waals surface area contributed by atoms with Crippen LogP contribution in [0, 0.1) is 0 Å². The van der Waals surface area contributed by atoms with Crippen molar-refractivity contribution in [1.82, 2.24) is 24.1 Å². The predicted octanol–water partition coefficient (Wildman–Crippen LogP) is 14.6. The fourth-order valence-electron chi connectivity index (χ4n) is 9.50. The number of benzene rings is 9. The first-order chi connectivity index (χ1) is 31.2. The van der Waals surface area contributed by atoms with Crippen molar-refractivity contribution in [3.63, 3.8) is 0 Å². The molecule has 294 valence electrons. The lowest BCUT2D eigenvalue weighted by Gasteiger charge is -2.13. The number of para-hydroxylation sites is 4. The van der Waals surface area contributed by atoms with Crippen LogP contribution in [0.15, 0.2) is 217 Å². The average molecular weight is 806 g/mol. The molecular weight excluding hydrogens is 771 g/mol. The highest BCUT2D eigenvalue weighted by molar-refractivity contribution is 6.21. The van der Waals surface area contributed by atoms with E-state index in [-0.39, 0.29) is 0 Å². The number of nitrogens with zero attached hydrogens (tertiary/aromatic N) is 5. The van der Waals surface area contributed by atoms with Crippen LogP contribution in [0.5, 0.6) is 0 Å². The zero-order valence-electron chi connectivity index (χ0n) is 33.9. The number of hydrogen-bond acceptors (Lipinski definition) is 4. The third kappa shape index (κ3) is 5.55. The monoisotopic (exact) mass is 805 g/mol. The van der Waals surface area contributed by atoms with E-state index in [1.807, 2.05) is 48.5 Å². The third-order valence-electron chi connectivity index (χ3n) is 12.4. The van der Waals surface area contributed by atoms with Crippen molar-refractivity contribution in [2.45, 2.75) is 0 Å². The van der Waals surface area contributed by atoms with E-state index in [1.54, 1.807) is 0 Å². The molecule has 0 aliphatic heterocycles. The molecule has 6 heteroatoms. The van der Waals surface area contributed by atoms with Crippen LogP contribution >= 0.6 is 0 Å². The molecule has 0 atom stereocenters. The summed E-state index contributed by atoms with van der Waals surface area (Å²) >= 11 is 0. The molecule has 0 amide bonds. The van der Waals surface area contributed by atoms with Gasteiger partial charge in [-0.1, -0.05) is 158 Å². The van der Waals surface area contributed by atoms with Crippen LogP contribution in [0.1, 0.15) is 0 Å². The molecule has 0 bridgehead atoms. The minimum Gasteiger partial charge on any atom is -0.455 e. The van der Waals surface area contributed by atoms with Crippen LogP contribution in [0.25, 0.3) is 122 Å². The normalized spacial score (nSPS) is 11.8. The van der Waals surface area contributed by atoms with E-state index in [2.05, 4.69) is 173 Å². The van der Waals surface area contributed by atoms with Crippen molar-refractivity contribution in [1.29, 1.82) is 0 Å². The van der Waals surface area contributed by atoms with E-state index >= 15 is 0 Å². The van der Waals surface area contributed by atoms with Gasteiger partial charge in [0.1, 0.15) is 11.2 Å². The zero-order chi connectivity index (χ0) is 41.4. The Morgan fingerprint density at radius 3 is 1.51 bits per heavy atom. The molecule has 0 spiro atoms. The van der Waals surface area contributed by atoms with Crippen molar-refractivity contribution in [2.24, 2.45) is 0 Å². The van der Waals surface area contributed by atoms with E-state index in [0.29, 0.717) is 17.5 Å². The van der Waals surface area contributed by atoms with Gasteiger partial charge in [-0.15, -0.1) is 0 Å². The number of hydrogen-bond donors (Lipinski definition) is 0. The quantitative estimate of drug-likeness (QED) is 0.168. The average Bonchev–Trinajstić information content (AvgIpc) is 4.02. The molecule has 0 saturated carbocycles. The standard InChI is InChI=1S/C57H35N5O/c1-4-16-36(17-5-1)37-28-30-39(31-29-37)56-58-55(38-18-6-2-7-19-38)59-57(60-56)44-32-33-49(53-43-24-12-15-27-52(43)63-54(44)53)62-48-26-14-11-23-42(48)46-34-45-41-22-10-13-25-47(41)61(50(45)35-51(46)62)40-20-8-3-9-21-40/h1-35H. The summed E-state index contributed by atoms with van der Waals surface area (Å²) in [6.45, 7) is 0. The highest BCUT2D eigenvalue weighted by atomic mass is 16.3. The Bertz CT molecular complexity index is 3890. The smallest absolute Gasteiger partial charge is 0.167 e. The summed E-state index contributed by atoms with van der Waals surface area (Å²) in [5, 5.41) is 6.82. The molecule has 6 nitrogen and oxygen atoms in total. The number of fused-ring (bicyclic) bond motifs is 9. The van der Waals surface area contributed by atoms with Crippen LogP contribution in [0.2, 0.25) is 0 Å². The molecule has 4 aromatic heterocycles. The third-order valence-corrected chi connectivity index (χ3v) is 12.4. The van der Waals surface area contributed by atoms with Crippen molar-refractivity contribution in [3.8, 4) is 56.7 Å². The highest BCUT2D eigenvalue weighted by Gasteiger charge is 2.24. The van der Waals surface area contributed by atoms with Crippen molar-refractivity contribution < 1.29 is 4.42 Å². The molecule has 0 aliphatic rings. The van der Waals surface area contributed by atoms with Gasteiger partial charge in [-0.25, -0.2) is 15.0 Å². The summed E-state index contributed by atoms with van der Waals surface area (Å²) in [5.41, 5.74) is 13.1. The van der Waals surface area contributed by atoms with Gasteiger partial charge in [0.25, 0.3) is 0 Å². The summed E-state index contributed by atoms with van der Waals surface area (Å²) in [7, 11) is 0. The number of aromatic nitrogens is 5. The number of rotatable bonds is 6. The Labute approximate surface area is 361 Å². The van der Waals surface area contributed by atoms with Gasteiger partial charge in [0.05, 0.1) is 38.7 Å². The van der Waals surface area contributed by atoms with Crippen LogP contribution in [0.4, 0.5) is 0 Å². The Kier molecular flexibility index (Phi) is 7.80. The molecule has 13 aromatic rings. The largest absolute Gasteiger partial charge is 0.455 e. The summed E-state index contributed by atoms with van der Waals surface area (Å²) < 4.78 is 11.7. The first-order valence-corrected chi connectivity index (χ1v) is 21.2. The molecule has 63 heavy (non-hydrogen) atoms. The van der Waals surface area contributed by atoms with Crippen LogP contribution in [-0.2, 0) is 0 Å². The van der Waals surface area contributed by atoms with E-state index in [4.69, 9.17) is 19.4 Å². The van der Waals surface area contributed by atoms with Crippen LogP contribution in [-0.4, -0.2) is 24.1 Å².